The maximum Gasteiger partial charge on any atom is 0.240 e. The van der Waals surface area contributed by atoms with E-state index >= 15 is 0 Å². The topological polar surface area (TPSA) is 75.3 Å². The smallest absolute Gasteiger partial charge is 0.240 e. The highest BCUT2D eigenvalue weighted by Gasteiger charge is 2.56. The first kappa shape index (κ1) is 19.8. The highest BCUT2D eigenvalue weighted by Crippen LogP contribution is 2.48. The highest BCUT2D eigenvalue weighted by molar-refractivity contribution is 6.17. The van der Waals surface area contributed by atoms with Crippen LogP contribution in [0.3, 0.4) is 0 Å². The molecule has 146 valence electrons. The molecule has 5 heteroatoms. The SMILES string of the molecule is CC(=O)c1cccc(NC(=O)C2(C(=O)Nc3c(C)cccc3C(C)C)CC2)c1. The molecule has 1 saturated carbocycles. The quantitative estimate of drug-likeness (QED) is 0.566. The van der Waals surface area contributed by atoms with Crippen LogP contribution in [-0.4, -0.2) is 17.6 Å². The number of carbonyl (C=O) groups is 3. The number of para-hydroxylation sites is 1. The van der Waals surface area contributed by atoms with Gasteiger partial charge >= 0.3 is 0 Å². The fourth-order valence-electron chi connectivity index (χ4n) is 3.32. The predicted molar refractivity (Wildman–Crippen MR) is 111 cm³/mol. The minimum atomic E-state index is -1.05. The lowest BCUT2D eigenvalue weighted by Gasteiger charge is -2.20. The number of hydrogen-bond donors (Lipinski definition) is 2. The van der Waals surface area contributed by atoms with Gasteiger partial charge in [-0.3, -0.25) is 14.4 Å². The summed E-state index contributed by atoms with van der Waals surface area (Å²) in [6.07, 6.45) is 1.03. The van der Waals surface area contributed by atoms with Crippen molar-refractivity contribution in [1.82, 2.24) is 0 Å². The normalized spacial score (nSPS) is 14.5. The first-order chi connectivity index (χ1) is 13.2. The Morgan fingerprint density at radius 3 is 2.21 bits per heavy atom. The summed E-state index contributed by atoms with van der Waals surface area (Å²) in [6, 6.07) is 12.7. The summed E-state index contributed by atoms with van der Waals surface area (Å²) in [5.74, 6) is -0.418. The van der Waals surface area contributed by atoms with Crippen LogP contribution in [0.15, 0.2) is 42.5 Å². The van der Waals surface area contributed by atoms with Crippen LogP contribution in [0.1, 0.15) is 61.0 Å². The van der Waals surface area contributed by atoms with Crippen LogP contribution in [0.4, 0.5) is 11.4 Å². The molecular weight excluding hydrogens is 352 g/mol. The number of anilines is 2. The van der Waals surface area contributed by atoms with E-state index in [1.807, 2.05) is 25.1 Å². The lowest BCUT2D eigenvalue weighted by atomic mass is 9.97. The first-order valence-corrected chi connectivity index (χ1v) is 9.58. The van der Waals surface area contributed by atoms with Gasteiger partial charge in [-0.25, -0.2) is 0 Å². The van der Waals surface area contributed by atoms with Gasteiger partial charge in [0.1, 0.15) is 5.41 Å². The molecule has 0 radical (unpaired) electrons. The van der Waals surface area contributed by atoms with Gasteiger partial charge in [0.15, 0.2) is 5.78 Å². The van der Waals surface area contributed by atoms with E-state index in [9.17, 15) is 14.4 Å². The molecule has 1 aliphatic carbocycles. The average Bonchev–Trinajstić information content (AvgIpc) is 3.45. The third-order valence-electron chi connectivity index (χ3n) is 5.31. The first-order valence-electron chi connectivity index (χ1n) is 9.58. The Balaban J connectivity index is 1.79. The minimum Gasteiger partial charge on any atom is -0.325 e. The summed E-state index contributed by atoms with van der Waals surface area (Å²) in [5.41, 5.74) is 2.82. The maximum absolute atomic E-state index is 13.0. The summed E-state index contributed by atoms with van der Waals surface area (Å²) in [6.45, 7) is 7.58. The molecule has 2 aromatic carbocycles. The van der Waals surface area contributed by atoms with E-state index < -0.39 is 5.41 Å². The molecule has 0 bridgehead atoms. The molecule has 28 heavy (non-hydrogen) atoms. The zero-order valence-corrected chi connectivity index (χ0v) is 16.8. The molecule has 0 spiro atoms. The summed E-state index contributed by atoms with van der Waals surface area (Å²) >= 11 is 0. The van der Waals surface area contributed by atoms with Crippen molar-refractivity contribution < 1.29 is 14.4 Å². The molecule has 0 aromatic heterocycles. The van der Waals surface area contributed by atoms with Crippen LogP contribution in [0, 0.1) is 12.3 Å². The highest BCUT2D eigenvalue weighted by atomic mass is 16.2. The molecule has 5 nitrogen and oxygen atoms in total. The molecule has 1 aliphatic rings. The predicted octanol–water partition coefficient (Wildman–Crippen LogP) is 4.68. The number of hydrogen-bond acceptors (Lipinski definition) is 3. The number of rotatable bonds is 6. The molecule has 0 atom stereocenters. The van der Waals surface area contributed by atoms with E-state index in [-0.39, 0.29) is 23.5 Å². The standard InChI is InChI=1S/C23H26N2O3/c1-14(2)19-10-5-7-15(3)20(19)25-22(28)23(11-12-23)21(27)24-18-9-6-8-17(13-18)16(4)26/h5-10,13-14H,11-12H2,1-4H3,(H,24,27)(H,25,28). The van der Waals surface area contributed by atoms with Crippen LogP contribution < -0.4 is 10.6 Å². The van der Waals surface area contributed by atoms with Gasteiger partial charge in [-0.05, 0) is 55.9 Å². The monoisotopic (exact) mass is 378 g/mol. The summed E-state index contributed by atoms with van der Waals surface area (Å²) in [4.78, 5) is 37.4. The Bertz CT molecular complexity index is 943. The minimum absolute atomic E-state index is 0.0734. The Kier molecular flexibility index (Phi) is 5.36. The number of amides is 2. The van der Waals surface area contributed by atoms with Crippen LogP contribution in [0.25, 0.3) is 0 Å². The third-order valence-corrected chi connectivity index (χ3v) is 5.31. The van der Waals surface area contributed by atoms with Crippen LogP contribution in [-0.2, 0) is 9.59 Å². The number of benzene rings is 2. The van der Waals surface area contributed by atoms with E-state index in [1.165, 1.54) is 6.92 Å². The van der Waals surface area contributed by atoms with E-state index in [2.05, 4.69) is 24.5 Å². The van der Waals surface area contributed by atoms with Crippen molar-refractivity contribution in [3.05, 3.63) is 59.2 Å². The number of nitrogens with one attached hydrogen (secondary N) is 2. The van der Waals surface area contributed by atoms with Gasteiger partial charge in [-0.15, -0.1) is 0 Å². The largest absolute Gasteiger partial charge is 0.325 e. The summed E-state index contributed by atoms with van der Waals surface area (Å²) in [5, 5.41) is 5.81. The van der Waals surface area contributed by atoms with Crippen molar-refractivity contribution in [1.29, 1.82) is 0 Å². The fourth-order valence-corrected chi connectivity index (χ4v) is 3.32. The zero-order valence-electron chi connectivity index (χ0n) is 16.8. The van der Waals surface area contributed by atoms with Gasteiger partial charge in [0, 0.05) is 16.9 Å². The molecular formula is C23H26N2O3. The molecule has 2 aromatic rings. The van der Waals surface area contributed by atoms with E-state index in [0.29, 0.717) is 24.1 Å². The Hall–Kier alpha value is -2.95. The lowest BCUT2D eigenvalue weighted by Crippen LogP contribution is -2.36. The van der Waals surface area contributed by atoms with Gasteiger partial charge in [0.25, 0.3) is 0 Å². The zero-order chi connectivity index (χ0) is 20.5. The second kappa shape index (κ2) is 7.58. The van der Waals surface area contributed by atoms with E-state index in [0.717, 1.165) is 16.8 Å². The third kappa shape index (κ3) is 3.84. The van der Waals surface area contributed by atoms with Crippen LogP contribution in [0.5, 0.6) is 0 Å². The Morgan fingerprint density at radius 1 is 0.964 bits per heavy atom. The van der Waals surface area contributed by atoms with Crippen LogP contribution in [0.2, 0.25) is 0 Å². The maximum atomic E-state index is 13.0. The van der Waals surface area contributed by atoms with E-state index in [4.69, 9.17) is 0 Å². The second-order valence-corrected chi connectivity index (χ2v) is 7.82. The molecule has 0 heterocycles. The van der Waals surface area contributed by atoms with Gasteiger partial charge < -0.3 is 10.6 Å². The molecule has 2 amide bonds. The molecule has 0 saturated heterocycles. The van der Waals surface area contributed by atoms with Gasteiger partial charge in [-0.1, -0.05) is 44.2 Å². The van der Waals surface area contributed by atoms with Crippen molar-refractivity contribution in [2.45, 2.75) is 46.5 Å². The van der Waals surface area contributed by atoms with Crippen molar-refractivity contribution in [2.24, 2.45) is 5.41 Å². The summed E-state index contributed by atoms with van der Waals surface area (Å²) in [7, 11) is 0. The van der Waals surface area contributed by atoms with Gasteiger partial charge in [0.2, 0.25) is 11.8 Å². The number of Topliss-reactive ketones (excluding diaryl/α,β-unsaturated/α-hetero) is 1. The van der Waals surface area contributed by atoms with Crippen molar-refractivity contribution in [3.63, 3.8) is 0 Å². The molecule has 1 fully saturated rings. The second-order valence-electron chi connectivity index (χ2n) is 7.82. The Morgan fingerprint density at radius 2 is 1.61 bits per heavy atom. The molecule has 2 N–H and O–H groups in total. The Labute approximate surface area is 165 Å². The van der Waals surface area contributed by atoms with Crippen LogP contribution >= 0.6 is 0 Å². The molecule has 0 unspecified atom stereocenters. The van der Waals surface area contributed by atoms with E-state index in [1.54, 1.807) is 24.3 Å². The molecule has 3 rings (SSSR count). The number of ketones is 1. The molecule has 0 aliphatic heterocycles. The van der Waals surface area contributed by atoms with Gasteiger partial charge in [0.05, 0.1) is 0 Å². The van der Waals surface area contributed by atoms with Gasteiger partial charge in [-0.2, -0.15) is 0 Å². The van der Waals surface area contributed by atoms with Crippen molar-refractivity contribution in [2.75, 3.05) is 10.6 Å². The number of carbonyl (C=O) groups excluding carboxylic acids is 3. The number of aryl methyl sites for hydroxylation is 1. The lowest BCUT2D eigenvalue weighted by molar-refractivity contribution is -0.131. The fraction of sp³-hybridized carbons (Fsp3) is 0.348. The average molecular weight is 378 g/mol. The van der Waals surface area contributed by atoms with Crippen molar-refractivity contribution >= 4 is 29.0 Å². The van der Waals surface area contributed by atoms with Crippen molar-refractivity contribution in [3.8, 4) is 0 Å². The summed E-state index contributed by atoms with van der Waals surface area (Å²) < 4.78 is 0.